The van der Waals surface area contributed by atoms with Gasteiger partial charge in [-0.25, -0.2) is 12.8 Å². The van der Waals surface area contributed by atoms with Crippen LogP contribution in [0.1, 0.15) is 12.0 Å². The van der Waals surface area contributed by atoms with Crippen LogP contribution in [0.4, 0.5) is 4.39 Å². The summed E-state index contributed by atoms with van der Waals surface area (Å²) in [5, 5.41) is 0.524. The molecule has 0 bridgehead atoms. The molecular formula is C20H24ClFN2O2S. The Bertz CT molecular complexity index is 859. The number of benzene rings is 2. The Morgan fingerprint density at radius 1 is 0.926 bits per heavy atom. The summed E-state index contributed by atoms with van der Waals surface area (Å²) in [6.45, 7) is 4.40. The van der Waals surface area contributed by atoms with Crippen LogP contribution in [-0.2, 0) is 16.4 Å². The largest absolute Gasteiger partial charge is 0.301 e. The summed E-state index contributed by atoms with van der Waals surface area (Å²) < 4.78 is 38.8. The molecule has 0 aromatic heterocycles. The molecule has 27 heavy (non-hydrogen) atoms. The SMILES string of the molecule is O=S(=O)(CCN1CCCN(Cc2ccccc2F)CC1)c1ccc(Cl)cc1. The Balaban J connectivity index is 1.52. The molecule has 0 atom stereocenters. The van der Waals surface area contributed by atoms with Crippen LogP contribution in [-0.4, -0.2) is 56.7 Å². The monoisotopic (exact) mass is 410 g/mol. The molecule has 2 aromatic carbocycles. The molecule has 1 aliphatic heterocycles. The minimum absolute atomic E-state index is 0.0853. The molecule has 1 fully saturated rings. The summed E-state index contributed by atoms with van der Waals surface area (Å²) in [5.41, 5.74) is 0.705. The fourth-order valence-electron chi connectivity index (χ4n) is 3.28. The quantitative estimate of drug-likeness (QED) is 0.731. The van der Waals surface area contributed by atoms with E-state index in [0.29, 0.717) is 28.6 Å². The average Bonchev–Trinajstić information content (AvgIpc) is 2.88. The first kappa shape index (κ1) is 20.3. The molecule has 0 spiro atoms. The number of hydrogen-bond donors (Lipinski definition) is 0. The molecule has 0 aliphatic carbocycles. The first-order valence-electron chi connectivity index (χ1n) is 9.10. The summed E-state index contributed by atoms with van der Waals surface area (Å²) in [5.74, 6) is -0.0882. The lowest BCUT2D eigenvalue weighted by Crippen LogP contribution is -2.33. The van der Waals surface area contributed by atoms with Crippen molar-refractivity contribution in [1.82, 2.24) is 9.80 Å². The van der Waals surface area contributed by atoms with Crippen molar-refractivity contribution in [1.29, 1.82) is 0 Å². The van der Waals surface area contributed by atoms with Gasteiger partial charge in [-0.1, -0.05) is 29.8 Å². The maximum atomic E-state index is 13.8. The van der Waals surface area contributed by atoms with Gasteiger partial charge >= 0.3 is 0 Å². The zero-order chi connectivity index (χ0) is 19.3. The molecule has 0 amide bonds. The van der Waals surface area contributed by atoms with E-state index in [2.05, 4.69) is 9.80 Å². The van der Waals surface area contributed by atoms with E-state index in [4.69, 9.17) is 11.6 Å². The smallest absolute Gasteiger partial charge is 0.179 e. The first-order valence-corrected chi connectivity index (χ1v) is 11.1. The van der Waals surface area contributed by atoms with Crippen molar-refractivity contribution < 1.29 is 12.8 Å². The van der Waals surface area contributed by atoms with Gasteiger partial charge in [0.25, 0.3) is 0 Å². The molecule has 0 saturated carbocycles. The Labute approximate surface area is 165 Å². The van der Waals surface area contributed by atoms with E-state index in [1.54, 1.807) is 30.3 Å². The van der Waals surface area contributed by atoms with E-state index >= 15 is 0 Å². The average molecular weight is 411 g/mol. The van der Waals surface area contributed by atoms with E-state index in [1.165, 1.54) is 6.07 Å². The topological polar surface area (TPSA) is 40.6 Å². The number of rotatable bonds is 6. The van der Waals surface area contributed by atoms with Crippen LogP contribution >= 0.6 is 11.6 Å². The van der Waals surface area contributed by atoms with Crippen LogP contribution in [0.5, 0.6) is 0 Å². The maximum Gasteiger partial charge on any atom is 0.179 e. The van der Waals surface area contributed by atoms with Crippen LogP contribution < -0.4 is 0 Å². The van der Waals surface area contributed by atoms with Crippen LogP contribution in [0, 0.1) is 5.82 Å². The van der Waals surface area contributed by atoms with Crippen molar-refractivity contribution in [2.75, 3.05) is 38.5 Å². The minimum Gasteiger partial charge on any atom is -0.301 e. The molecule has 0 N–H and O–H groups in total. The van der Waals surface area contributed by atoms with Gasteiger partial charge in [0, 0.05) is 36.8 Å². The van der Waals surface area contributed by atoms with Gasteiger partial charge in [-0.15, -0.1) is 0 Å². The number of sulfone groups is 1. The number of hydrogen-bond acceptors (Lipinski definition) is 4. The Morgan fingerprint density at radius 2 is 1.59 bits per heavy atom. The maximum absolute atomic E-state index is 13.8. The van der Waals surface area contributed by atoms with Crippen molar-refractivity contribution in [2.24, 2.45) is 0 Å². The molecule has 1 saturated heterocycles. The van der Waals surface area contributed by atoms with Crippen LogP contribution in [0.25, 0.3) is 0 Å². The third-order valence-corrected chi connectivity index (χ3v) is 6.84. The van der Waals surface area contributed by atoms with Crippen LogP contribution in [0.15, 0.2) is 53.4 Å². The second-order valence-corrected chi connectivity index (χ2v) is 9.38. The molecule has 0 unspecified atom stereocenters. The molecule has 1 aliphatic rings. The Morgan fingerprint density at radius 3 is 2.33 bits per heavy atom. The van der Waals surface area contributed by atoms with Gasteiger partial charge in [-0.05, 0) is 49.8 Å². The first-order chi connectivity index (χ1) is 12.9. The third-order valence-electron chi connectivity index (χ3n) is 4.88. The Kier molecular flexibility index (Phi) is 6.87. The van der Waals surface area contributed by atoms with E-state index in [9.17, 15) is 12.8 Å². The number of nitrogens with zero attached hydrogens (tertiary/aromatic N) is 2. The summed E-state index contributed by atoms with van der Waals surface area (Å²) in [6.07, 6.45) is 0.940. The summed E-state index contributed by atoms with van der Waals surface area (Å²) >= 11 is 5.83. The van der Waals surface area contributed by atoms with E-state index in [0.717, 1.165) is 32.6 Å². The summed E-state index contributed by atoms with van der Waals surface area (Å²) in [6, 6.07) is 13.2. The fourth-order valence-corrected chi connectivity index (χ4v) is 4.69. The number of halogens is 2. The summed E-state index contributed by atoms with van der Waals surface area (Å²) in [4.78, 5) is 4.71. The zero-order valence-electron chi connectivity index (χ0n) is 15.2. The molecule has 4 nitrogen and oxygen atoms in total. The highest BCUT2D eigenvalue weighted by Gasteiger charge is 2.20. The molecule has 0 radical (unpaired) electrons. The third kappa shape index (κ3) is 5.75. The van der Waals surface area contributed by atoms with Crippen LogP contribution in [0.3, 0.4) is 0 Å². The van der Waals surface area contributed by atoms with E-state index in [1.807, 2.05) is 12.1 Å². The van der Waals surface area contributed by atoms with Gasteiger partial charge < -0.3 is 4.90 Å². The van der Waals surface area contributed by atoms with Crippen LogP contribution in [0.2, 0.25) is 5.02 Å². The lowest BCUT2D eigenvalue weighted by Gasteiger charge is -2.22. The predicted octanol–water partition coefficient (Wildman–Crippen LogP) is 3.46. The highest BCUT2D eigenvalue weighted by Crippen LogP contribution is 2.16. The second kappa shape index (κ2) is 9.15. The molecule has 1 heterocycles. The Hall–Kier alpha value is -1.47. The van der Waals surface area contributed by atoms with Gasteiger partial charge in [0.15, 0.2) is 9.84 Å². The lowest BCUT2D eigenvalue weighted by atomic mass is 10.2. The van der Waals surface area contributed by atoms with Gasteiger partial charge in [0.1, 0.15) is 5.82 Å². The van der Waals surface area contributed by atoms with E-state index in [-0.39, 0.29) is 11.6 Å². The van der Waals surface area contributed by atoms with Crippen molar-refractivity contribution in [3.63, 3.8) is 0 Å². The second-order valence-electron chi connectivity index (χ2n) is 6.84. The minimum atomic E-state index is -3.32. The molecule has 2 aromatic rings. The van der Waals surface area contributed by atoms with E-state index < -0.39 is 9.84 Å². The van der Waals surface area contributed by atoms with Crippen molar-refractivity contribution in [2.45, 2.75) is 17.9 Å². The van der Waals surface area contributed by atoms with Crippen molar-refractivity contribution in [3.8, 4) is 0 Å². The molecular weight excluding hydrogens is 387 g/mol. The van der Waals surface area contributed by atoms with Gasteiger partial charge in [-0.2, -0.15) is 0 Å². The molecule has 3 rings (SSSR count). The van der Waals surface area contributed by atoms with Gasteiger partial charge in [-0.3, -0.25) is 4.90 Å². The highest BCUT2D eigenvalue weighted by atomic mass is 35.5. The zero-order valence-corrected chi connectivity index (χ0v) is 16.7. The predicted molar refractivity (Wildman–Crippen MR) is 106 cm³/mol. The molecule has 7 heteroatoms. The standard InChI is InChI=1S/C20H24ClFN2O2S/c21-18-6-8-19(9-7-18)27(25,26)15-14-23-10-3-11-24(13-12-23)16-17-4-1-2-5-20(17)22/h1-2,4-9H,3,10-16H2. The normalized spacial score (nSPS) is 17.0. The highest BCUT2D eigenvalue weighted by molar-refractivity contribution is 7.91. The lowest BCUT2D eigenvalue weighted by molar-refractivity contribution is 0.255. The van der Waals surface area contributed by atoms with Gasteiger partial charge in [0.2, 0.25) is 0 Å². The molecule has 146 valence electrons. The summed E-state index contributed by atoms with van der Waals surface area (Å²) in [7, 11) is -3.32. The fraction of sp³-hybridized carbons (Fsp3) is 0.400. The van der Waals surface area contributed by atoms with Crippen molar-refractivity contribution >= 4 is 21.4 Å². The van der Waals surface area contributed by atoms with Crippen molar-refractivity contribution in [3.05, 3.63) is 64.9 Å². The van der Waals surface area contributed by atoms with Gasteiger partial charge in [0.05, 0.1) is 10.6 Å².